The minimum Gasteiger partial charge on any atom is -0.372 e. The first-order valence-corrected chi connectivity index (χ1v) is 7.67. The van der Waals surface area contributed by atoms with Crippen LogP contribution in [0, 0.1) is 0 Å². The number of anilines is 1. The van der Waals surface area contributed by atoms with Crippen molar-refractivity contribution in [3.63, 3.8) is 0 Å². The number of hydrogen-bond donors (Lipinski definition) is 1. The van der Waals surface area contributed by atoms with Crippen LogP contribution in [-0.4, -0.2) is 42.0 Å². The highest BCUT2D eigenvalue weighted by Gasteiger charge is 2.30. The summed E-state index contributed by atoms with van der Waals surface area (Å²) in [5, 5.41) is 2.64. The van der Waals surface area contributed by atoms with Crippen LogP contribution in [-0.2, 0) is 9.59 Å². The van der Waals surface area contributed by atoms with Crippen molar-refractivity contribution in [3.8, 4) is 0 Å². The lowest BCUT2D eigenvalue weighted by Crippen LogP contribution is -2.52. The van der Waals surface area contributed by atoms with E-state index in [2.05, 4.69) is 10.2 Å². The van der Waals surface area contributed by atoms with Crippen LogP contribution in [0.25, 0.3) is 6.08 Å². The van der Waals surface area contributed by atoms with Gasteiger partial charge in [-0.2, -0.15) is 0 Å². The van der Waals surface area contributed by atoms with Crippen molar-refractivity contribution in [2.75, 3.05) is 25.0 Å². The highest BCUT2D eigenvalue weighted by Crippen LogP contribution is 2.22. The first-order valence-electron chi connectivity index (χ1n) is 7.26. The van der Waals surface area contributed by atoms with E-state index in [0.29, 0.717) is 0 Å². The maximum absolute atomic E-state index is 12.1. The molecule has 2 aliphatic rings. The molecule has 114 valence electrons. The third-order valence-corrected chi connectivity index (χ3v) is 4.36. The van der Waals surface area contributed by atoms with Gasteiger partial charge in [-0.15, -0.1) is 0 Å². The number of benzene rings is 1. The van der Waals surface area contributed by atoms with Gasteiger partial charge >= 0.3 is 0 Å². The van der Waals surface area contributed by atoms with Crippen molar-refractivity contribution in [3.05, 3.63) is 35.4 Å². The number of rotatable bonds is 2. The van der Waals surface area contributed by atoms with Crippen LogP contribution < -0.4 is 10.2 Å². The Labute approximate surface area is 134 Å². The molecule has 1 N–H and O–H groups in total. The maximum atomic E-state index is 12.1. The Hall–Kier alpha value is -2.21. The summed E-state index contributed by atoms with van der Waals surface area (Å²) < 4.78 is 0. The second-order valence-electron chi connectivity index (χ2n) is 5.47. The number of nitrogens with one attached hydrogen (secondary N) is 1. The Balaban J connectivity index is 1.83. The summed E-state index contributed by atoms with van der Waals surface area (Å²) in [4.78, 5) is 27.6. The summed E-state index contributed by atoms with van der Waals surface area (Å²) in [6, 6.07) is 7.90. The third kappa shape index (κ3) is 2.74. The van der Waals surface area contributed by atoms with Crippen LogP contribution in [0.5, 0.6) is 0 Å². The largest absolute Gasteiger partial charge is 0.372 e. The quantitative estimate of drug-likeness (QED) is 0.511. The van der Waals surface area contributed by atoms with E-state index in [0.717, 1.165) is 18.7 Å². The van der Waals surface area contributed by atoms with Crippen molar-refractivity contribution in [1.82, 2.24) is 10.2 Å². The van der Waals surface area contributed by atoms with Crippen LogP contribution >= 0.6 is 12.2 Å². The molecule has 0 bridgehead atoms. The molecule has 2 aliphatic heterocycles. The Morgan fingerprint density at radius 2 is 1.77 bits per heavy atom. The van der Waals surface area contributed by atoms with Gasteiger partial charge in [0.1, 0.15) is 5.57 Å². The number of likely N-dealkylation sites (N-methyl/N-ethyl adjacent to an activating group) is 1. The molecule has 22 heavy (non-hydrogen) atoms. The van der Waals surface area contributed by atoms with Gasteiger partial charge in [-0.1, -0.05) is 12.1 Å². The molecule has 0 aliphatic carbocycles. The monoisotopic (exact) mass is 315 g/mol. The molecule has 2 saturated heterocycles. The molecule has 0 aromatic heterocycles. The van der Waals surface area contributed by atoms with Crippen LogP contribution in [0.1, 0.15) is 18.4 Å². The minimum absolute atomic E-state index is 0.102. The second-order valence-corrected chi connectivity index (χ2v) is 5.85. The average Bonchev–Trinajstić information content (AvgIpc) is 3.04. The Bertz CT molecular complexity index is 660. The highest BCUT2D eigenvalue weighted by atomic mass is 32.1. The molecule has 2 amide bonds. The number of carbonyl (C=O) groups is 2. The summed E-state index contributed by atoms with van der Waals surface area (Å²) >= 11 is 4.92. The molecule has 1 aromatic rings. The van der Waals surface area contributed by atoms with E-state index in [1.165, 1.54) is 23.4 Å². The Kier molecular flexibility index (Phi) is 3.94. The van der Waals surface area contributed by atoms with Gasteiger partial charge in [-0.3, -0.25) is 19.8 Å². The van der Waals surface area contributed by atoms with E-state index in [9.17, 15) is 9.59 Å². The summed E-state index contributed by atoms with van der Waals surface area (Å²) in [6.45, 7) is 2.17. The maximum Gasteiger partial charge on any atom is 0.265 e. The lowest BCUT2D eigenvalue weighted by atomic mass is 10.1. The fourth-order valence-electron chi connectivity index (χ4n) is 2.67. The summed E-state index contributed by atoms with van der Waals surface area (Å²) in [6.07, 6.45) is 4.06. The zero-order valence-electron chi connectivity index (χ0n) is 12.3. The highest BCUT2D eigenvalue weighted by molar-refractivity contribution is 7.80. The van der Waals surface area contributed by atoms with E-state index in [1.807, 2.05) is 24.3 Å². The van der Waals surface area contributed by atoms with Crippen molar-refractivity contribution < 1.29 is 9.59 Å². The van der Waals surface area contributed by atoms with Crippen molar-refractivity contribution in [2.45, 2.75) is 12.8 Å². The molecule has 2 fully saturated rings. The van der Waals surface area contributed by atoms with Crippen molar-refractivity contribution >= 4 is 40.9 Å². The summed E-state index contributed by atoms with van der Waals surface area (Å²) in [7, 11) is 1.55. The molecule has 0 saturated carbocycles. The van der Waals surface area contributed by atoms with E-state index in [4.69, 9.17) is 12.2 Å². The van der Waals surface area contributed by atoms with Gasteiger partial charge in [0.05, 0.1) is 0 Å². The van der Waals surface area contributed by atoms with Crippen LogP contribution in [0.3, 0.4) is 0 Å². The van der Waals surface area contributed by atoms with Crippen LogP contribution in [0.15, 0.2) is 29.8 Å². The molecular weight excluding hydrogens is 298 g/mol. The number of hydrogen-bond acceptors (Lipinski definition) is 4. The molecular formula is C16H17N3O2S. The zero-order valence-corrected chi connectivity index (χ0v) is 13.2. The van der Waals surface area contributed by atoms with Crippen LogP contribution in [0.2, 0.25) is 0 Å². The smallest absolute Gasteiger partial charge is 0.265 e. The van der Waals surface area contributed by atoms with Crippen molar-refractivity contribution in [1.29, 1.82) is 0 Å². The van der Waals surface area contributed by atoms with E-state index in [1.54, 1.807) is 13.1 Å². The van der Waals surface area contributed by atoms with Gasteiger partial charge in [0.25, 0.3) is 11.8 Å². The minimum atomic E-state index is -0.447. The number of amides is 2. The second kappa shape index (κ2) is 5.88. The zero-order chi connectivity index (χ0) is 15.7. The molecule has 5 nitrogen and oxygen atoms in total. The molecule has 0 spiro atoms. The summed E-state index contributed by atoms with van der Waals surface area (Å²) in [5.74, 6) is -0.825. The first kappa shape index (κ1) is 14.7. The van der Waals surface area contributed by atoms with E-state index < -0.39 is 5.91 Å². The van der Waals surface area contributed by atoms with Crippen molar-refractivity contribution in [2.24, 2.45) is 0 Å². The van der Waals surface area contributed by atoms with Gasteiger partial charge < -0.3 is 4.90 Å². The van der Waals surface area contributed by atoms with E-state index in [-0.39, 0.29) is 16.6 Å². The average molecular weight is 315 g/mol. The molecule has 0 atom stereocenters. The SMILES string of the molecule is CN1C(=O)/C(=C/c2ccc(N3CCCC3)cc2)C(=O)NC1=S. The topological polar surface area (TPSA) is 52.7 Å². The molecule has 0 radical (unpaired) electrons. The number of thiocarbonyl (C=S) groups is 1. The van der Waals surface area contributed by atoms with Gasteiger partial charge in [-0.05, 0) is 48.8 Å². The lowest BCUT2D eigenvalue weighted by molar-refractivity contribution is -0.128. The van der Waals surface area contributed by atoms with Gasteiger partial charge in [0, 0.05) is 25.8 Å². The predicted molar refractivity (Wildman–Crippen MR) is 89.4 cm³/mol. The normalized spacial score (nSPS) is 20.8. The first-order chi connectivity index (χ1) is 10.6. The fourth-order valence-corrected chi connectivity index (χ4v) is 2.84. The van der Waals surface area contributed by atoms with Gasteiger partial charge in [-0.25, -0.2) is 0 Å². The molecule has 2 heterocycles. The van der Waals surface area contributed by atoms with E-state index >= 15 is 0 Å². The van der Waals surface area contributed by atoms with Crippen LogP contribution in [0.4, 0.5) is 5.69 Å². The van der Waals surface area contributed by atoms with Gasteiger partial charge in [0.15, 0.2) is 5.11 Å². The predicted octanol–water partition coefficient (Wildman–Crippen LogP) is 1.54. The Morgan fingerprint density at radius 1 is 1.14 bits per heavy atom. The fraction of sp³-hybridized carbons (Fsp3) is 0.312. The molecule has 3 rings (SSSR count). The standard InChI is InChI=1S/C16H17N3O2S/c1-18-15(21)13(14(20)17-16(18)22)10-11-4-6-12(7-5-11)19-8-2-3-9-19/h4-7,10H,2-3,8-9H2,1H3,(H,17,20,22)/b13-10+. The third-order valence-electron chi connectivity index (χ3n) is 3.98. The molecule has 0 unspecified atom stereocenters. The van der Waals surface area contributed by atoms with Gasteiger partial charge in [0.2, 0.25) is 0 Å². The number of carbonyl (C=O) groups excluding carboxylic acids is 2. The number of nitrogens with zero attached hydrogens (tertiary/aromatic N) is 2. The molecule has 1 aromatic carbocycles. The molecule has 6 heteroatoms. The Morgan fingerprint density at radius 3 is 2.41 bits per heavy atom. The lowest BCUT2D eigenvalue weighted by Gasteiger charge is -2.25. The summed E-state index contributed by atoms with van der Waals surface area (Å²) in [5.41, 5.74) is 2.10.